The molecule has 0 heterocycles. The van der Waals surface area contributed by atoms with Gasteiger partial charge in [0.2, 0.25) is 0 Å². The van der Waals surface area contributed by atoms with Crippen LogP contribution in [0.3, 0.4) is 0 Å². The number of hydrogen-bond donors (Lipinski definition) is 0. The van der Waals surface area contributed by atoms with Crippen molar-refractivity contribution in [3.63, 3.8) is 0 Å². The van der Waals surface area contributed by atoms with Crippen molar-refractivity contribution >= 4 is 64.2 Å². The van der Waals surface area contributed by atoms with E-state index in [1.807, 2.05) is 12.1 Å². The van der Waals surface area contributed by atoms with Gasteiger partial charge < -0.3 is 4.65 Å². The molecule has 2 rings (SSSR count). The Morgan fingerprint density at radius 3 is 2.09 bits per heavy atom. The van der Waals surface area contributed by atoms with Gasteiger partial charge in [-0.3, -0.25) is 4.79 Å². The fourth-order valence-electron chi connectivity index (χ4n) is 1.77. The monoisotopic (exact) mass is 524 g/mol. The summed E-state index contributed by atoms with van der Waals surface area (Å²) in [5, 5.41) is 0. The van der Waals surface area contributed by atoms with Crippen molar-refractivity contribution in [2.45, 2.75) is 0 Å². The molecule has 0 aliphatic carbocycles. The van der Waals surface area contributed by atoms with E-state index in [-0.39, 0.29) is 11.5 Å². The van der Waals surface area contributed by atoms with Gasteiger partial charge in [-0.25, -0.2) is 8.63 Å². The Labute approximate surface area is 154 Å². The van der Waals surface area contributed by atoms with E-state index >= 15 is 0 Å². The highest BCUT2D eigenvalue weighted by Crippen LogP contribution is 2.21. The van der Waals surface area contributed by atoms with E-state index in [1.165, 1.54) is 0 Å². The second-order valence-electron chi connectivity index (χ2n) is 4.27. The van der Waals surface area contributed by atoms with Crippen LogP contribution < -0.4 is 0 Å². The van der Waals surface area contributed by atoms with E-state index < -0.39 is 7.47 Å². The van der Waals surface area contributed by atoms with Gasteiger partial charge in [0.1, 0.15) is 5.76 Å². The predicted molar refractivity (Wildman–Crippen MR) is 99.7 cm³/mol. The lowest BCUT2D eigenvalue weighted by molar-refractivity contribution is 0.104. The molecule has 0 saturated heterocycles. The third-order valence-electron chi connectivity index (χ3n) is 2.70. The van der Waals surface area contributed by atoms with Crippen LogP contribution in [0.1, 0.15) is 15.9 Å². The van der Waals surface area contributed by atoms with Crippen LogP contribution in [0.2, 0.25) is 0 Å². The first-order chi connectivity index (χ1) is 10.5. The fraction of sp³-hybridized carbons (Fsp3) is 0. The van der Waals surface area contributed by atoms with Crippen molar-refractivity contribution in [1.82, 2.24) is 0 Å². The molecule has 0 amide bonds. The smallest absolute Gasteiger partial charge is 0.505 e. The maximum atomic E-state index is 12.6. The summed E-state index contributed by atoms with van der Waals surface area (Å²) in [4.78, 5) is 12.2. The van der Waals surface area contributed by atoms with E-state index in [2.05, 4.69) is 49.8 Å². The van der Waals surface area contributed by atoms with Crippen molar-refractivity contribution in [3.8, 4) is 0 Å². The minimum atomic E-state index is -2.99. The van der Waals surface area contributed by atoms with Crippen LogP contribution in [0.25, 0.3) is 5.76 Å². The van der Waals surface area contributed by atoms with Gasteiger partial charge in [0, 0.05) is 24.3 Å². The summed E-state index contributed by atoms with van der Waals surface area (Å²) >= 11 is 4.15. The molecular weight excluding hydrogens is 515 g/mol. The Morgan fingerprint density at radius 1 is 1.00 bits per heavy atom. The molecule has 0 spiro atoms. The van der Waals surface area contributed by atoms with Crippen LogP contribution in [0.4, 0.5) is 8.63 Å². The quantitative estimate of drug-likeness (QED) is 0.180. The molecule has 0 aliphatic rings. The summed E-state index contributed by atoms with van der Waals surface area (Å²) in [5.41, 5.74) is 0.860. The molecule has 22 heavy (non-hydrogen) atoms. The lowest BCUT2D eigenvalue weighted by Crippen LogP contribution is -2.07. The average Bonchev–Trinajstić information content (AvgIpc) is 2.46. The number of ketones is 1. The van der Waals surface area contributed by atoms with Gasteiger partial charge in [-0.05, 0) is 69.4 Å². The zero-order valence-corrected chi connectivity index (χ0v) is 15.4. The zero-order valence-electron chi connectivity index (χ0n) is 11.1. The highest BCUT2D eigenvalue weighted by atomic mass is 127. The molecule has 0 atom stereocenters. The van der Waals surface area contributed by atoms with E-state index in [1.54, 1.807) is 36.4 Å². The standard InChI is InChI=1S/C15H9BF2I2O2/c17-16(18)22-15(11-4-2-6-13(20)8-11)9-14(21)10-3-1-5-12(19)7-10/h1-9H/b15-9-. The van der Waals surface area contributed by atoms with E-state index in [9.17, 15) is 13.4 Å². The Bertz CT molecular complexity index is 720. The molecule has 0 bridgehead atoms. The van der Waals surface area contributed by atoms with Crippen molar-refractivity contribution < 1.29 is 18.1 Å². The number of carbonyl (C=O) groups excluding carboxylic acids is 1. The van der Waals surface area contributed by atoms with Crippen LogP contribution in [-0.4, -0.2) is 13.3 Å². The number of halogens is 4. The predicted octanol–water partition coefficient (Wildman–Crippen LogP) is 5.06. The van der Waals surface area contributed by atoms with Crippen LogP contribution in [0.5, 0.6) is 0 Å². The van der Waals surface area contributed by atoms with Gasteiger partial charge in [0.05, 0.1) is 0 Å². The van der Waals surface area contributed by atoms with Crippen molar-refractivity contribution in [1.29, 1.82) is 0 Å². The van der Waals surface area contributed by atoms with Crippen LogP contribution in [-0.2, 0) is 4.65 Å². The van der Waals surface area contributed by atoms with Gasteiger partial charge in [-0.15, -0.1) is 0 Å². The number of rotatable bonds is 5. The second kappa shape index (κ2) is 8.05. The summed E-state index contributed by atoms with van der Waals surface area (Å²) in [5.74, 6) is -0.523. The van der Waals surface area contributed by atoms with E-state index in [0.717, 1.165) is 13.2 Å². The molecule has 0 unspecified atom stereocenters. The van der Waals surface area contributed by atoms with Crippen molar-refractivity contribution in [2.24, 2.45) is 0 Å². The molecule has 0 saturated carbocycles. The summed E-state index contributed by atoms with van der Waals surface area (Å²) < 4.78 is 31.5. The summed E-state index contributed by atoms with van der Waals surface area (Å²) in [6, 6.07) is 13.7. The minimum absolute atomic E-state index is 0.141. The normalized spacial score (nSPS) is 11.2. The molecule has 0 aliphatic heterocycles. The first-order valence-electron chi connectivity index (χ1n) is 6.18. The minimum Gasteiger partial charge on any atom is -0.505 e. The first kappa shape index (κ1) is 17.4. The third-order valence-corrected chi connectivity index (χ3v) is 4.04. The Kier molecular flexibility index (Phi) is 6.36. The Morgan fingerprint density at radius 2 is 1.55 bits per heavy atom. The van der Waals surface area contributed by atoms with Gasteiger partial charge >= 0.3 is 7.47 Å². The van der Waals surface area contributed by atoms with Crippen LogP contribution >= 0.6 is 45.2 Å². The molecule has 112 valence electrons. The number of hydrogen-bond acceptors (Lipinski definition) is 2. The van der Waals surface area contributed by atoms with Crippen LogP contribution in [0.15, 0.2) is 54.6 Å². The Hall–Kier alpha value is -0.965. The van der Waals surface area contributed by atoms with Crippen LogP contribution in [0, 0.1) is 7.14 Å². The number of benzene rings is 2. The van der Waals surface area contributed by atoms with Gasteiger partial charge in [-0.1, -0.05) is 24.3 Å². The van der Waals surface area contributed by atoms with Crippen molar-refractivity contribution in [3.05, 3.63) is 72.9 Å². The van der Waals surface area contributed by atoms with E-state index in [4.69, 9.17) is 0 Å². The molecule has 2 nitrogen and oxygen atoms in total. The lowest BCUT2D eigenvalue weighted by Gasteiger charge is -2.09. The topological polar surface area (TPSA) is 26.3 Å². The van der Waals surface area contributed by atoms with Gasteiger partial charge in [0.15, 0.2) is 5.78 Å². The summed E-state index contributed by atoms with van der Waals surface area (Å²) in [7, 11) is -2.99. The molecule has 0 radical (unpaired) electrons. The fourth-order valence-corrected chi connectivity index (χ4v) is 2.85. The molecule has 7 heteroatoms. The van der Waals surface area contributed by atoms with Gasteiger partial charge in [-0.2, -0.15) is 0 Å². The molecule has 0 aromatic heterocycles. The highest BCUT2D eigenvalue weighted by molar-refractivity contribution is 14.1. The average molecular weight is 524 g/mol. The summed E-state index contributed by atoms with van der Waals surface area (Å²) in [6.45, 7) is 0. The number of carbonyl (C=O) groups is 1. The Balaban J connectivity index is 2.38. The number of allylic oxidation sites excluding steroid dienone is 1. The SMILES string of the molecule is O=C(/C=C(\OB(F)F)c1cccc(I)c1)c1cccc(I)c1. The largest absolute Gasteiger partial charge is 0.796 e. The maximum Gasteiger partial charge on any atom is 0.796 e. The lowest BCUT2D eigenvalue weighted by atomic mass is 10.1. The second-order valence-corrected chi connectivity index (χ2v) is 6.76. The maximum absolute atomic E-state index is 12.6. The highest BCUT2D eigenvalue weighted by Gasteiger charge is 2.21. The van der Waals surface area contributed by atoms with Gasteiger partial charge in [0.25, 0.3) is 0 Å². The molecule has 0 fully saturated rings. The first-order valence-corrected chi connectivity index (χ1v) is 8.34. The molecule has 2 aromatic rings. The molecular formula is C15H9BF2I2O2. The molecule has 2 aromatic carbocycles. The molecule has 0 N–H and O–H groups in total. The van der Waals surface area contributed by atoms with Crippen molar-refractivity contribution in [2.75, 3.05) is 0 Å². The van der Waals surface area contributed by atoms with E-state index in [0.29, 0.717) is 11.1 Å². The third kappa shape index (κ3) is 5.04. The zero-order chi connectivity index (χ0) is 16.1. The summed E-state index contributed by atoms with van der Waals surface area (Å²) in [6.07, 6.45) is 1.10.